The van der Waals surface area contributed by atoms with Gasteiger partial charge in [-0.1, -0.05) is 25.3 Å². The number of hydrogen-bond donors (Lipinski definition) is 2. The lowest BCUT2D eigenvalue weighted by Gasteiger charge is -2.39. The topological polar surface area (TPSA) is 32.3 Å². The van der Waals surface area contributed by atoms with E-state index in [1.165, 1.54) is 18.4 Å². The Bertz CT molecular complexity index is 215. The molecule has 1 aliphatic carbocycles. The summed E-state index contributed by atoms with van der Waals surface area (Å²) in [5, 5.41) is 13.1. The normalized spacial score (nSPS) is 31.5. The van der Waals surface area contributed by atoms with E-state index in [1.807, 2.05) is 0 Å². The Morgan fingerprint density at radius 2 is 2.33 bits per heavy atom. The van der Waals surface area contributed by atoms with Gasteiger partial charge in [-0.25, -0.2) is 0 Å². The van der Waals surface area contributed by atoms with Crippen LogP contribution in [0.5, 0.6) is 0 Å². The SMILES string of the molecule is C=C(C)CCNC1(CO)CCCC(C)C1. The molecule has 0 aliphatic heterocycles. The molecule has 0 aromatic heterocycles. The fourth-order valence-electron chi connectivity index (χ4n) is 2.56. The van der Waals surface area contributed by atoms with Crippen LogP contribution in [-0.4, -0.2) is 23.8 Å². The lowest BCUT2D eigenvalue weighted by Crippen LogP contribution is -2.51. The van der Waals surface area contributed by atoms with E-state index in [9.17, 15) is 5.11 Å². The van der Waals surface area contributed by atoms with Gasteiger partial charge in [0.25, 0.3) is 0 Å². The molecule has 2 heteroatoms. The van der Waals surface area contributed by atoms with Crippen LogP contribution in [-0.2, 0) is 0 Å². The number of aliphatic hydroxyl groups is 1. The monoisotopic (exact) mass is 211 g/mol. The minimum absolute atomic E-state index is 0.00683. The van der Waals surface area contributed by atoms with Gasteiger partial charge in [-0.2, -0.15) is 0 Å². The molecular weight excluding hydrogens is 186 g/mol. The summed E-state index contributed by atoms with van der Waals surface area (Å²) in [7, 11) is 0. The van der Waals surface area contributed by atoms with Gasteiger partial charge >= 0.3 is 0 Å². The number of rotatable bonds is 5. The molecule has 15 heavy (non-hydrogen) atoms. The highest BCUT2D eigenvalue weighted by atomic mass is 16.3. The zero-order valence-corrected chi connectivity index (χ0v) is 10.2. The van der Waals surface area contributed by atoms with Gasteiger partial charge in [-0.15, -0.1) is 6.58 Å². The molecule has 0 spiro atoms. The third kappa shape index (κ3) is 3.96. The standard InChI is InChI=1S/C13H25NO/c1-11(2)6-8-14-13(10-15)7-4-5-12(3)9-13/h12,14-15H,1,4-10H2,2-3H3. The predicted molar refractivity (Wildman–Crippen MR) is 64.9 cm³/mol. The molecular formula is C13H25NO. The fraction of sp³-hybridized carbons (Fsp3) is 0.846. The van der Waals surface area contributed by atoms with Crippen LogP contribution in [0.1, 0.15) is 46.0 Å². The van der Waals surface area contributed by atoms with Crippen molar-refractivity contribution in [2.45, 2.75) is 51.5 Å². The zero-order chi connectivity index (χ0) is 11.3. The van der Waals surface area contributed by atoms with Crippen LogP contribution < -0.4 is 5.32 Å². The van der Waals surface area contributed by atoms with Gasteiger partial charge in [-0.3, -0.25) is 0 Å². The predicted octanol–water partition coefficient (Wildman–Crippen LogP) is 2.48. The number of hydrogen-bond acceptors (Lipinski definition) is 2. The highest BCUT2D eigenvalue weighted by Gasteiger charge is 2.33. The van der Waals surface area contributed by atoms with Gasteiger partial charge in [0.05, 0.1) is 6.61 Å². The molecule has 0 bridgehead atoms. The van der Waals surface area contributed by atoms with Crippen molar-refractivity contribution >= 4 is 0 Å². The largest absolute Gasteiger partial charge is 0.394 e. The Kier molecular flexibility index (Phi) is 4.81. The van der Waals surface area contributed by atoms with Crippen molar-refractivity contribution in [1.29, 1.82) is 0 Å². The van der Waals surface area contributed by atoms with Crippen molar-refractivity contribution < 1.29 is 5.11 Å². The van der Waals surface area contributed by atoms with E-state index in [-0.39, 0.29) is 12.1 Å². The van der Waals surface area contributed by atoms with Crippen molar-refractivity contribution in [2.24, 2.45) is 5.92 Å². The fourth-order valence-corrected chi connectivity index (χ4v) is 2.56. The summed E-state index contributed by atoms with van der Waals surface area (Å²) in [4.78, 5) is 0. The van der Waals surface area contributed by atoms with E-state index in [1.54, 1.807) is 0 Å². The first-order chi connectivity index (χ1) is 7.08. The highest BCUT2D eigenvalue weighted by molar-refractivity contribution is 4.95. The van der Waals surface area contributed by atoms with Crippen molar-refractivity contribution in [3.63, 3.8) is 0 Å². The lowest BCUT2D eigenvalue weighted by molar-refractivity contribution is 0.100. The minimum atomic E-state index is -0.00683. The summed E-state index contributed by atoms with van der Waals surface area (Å²) in [6, 6.07) is 0. The van der Waals surface area contributed by atoms with Crippen LogP contribution in [0.4, 0.5) is 0 Å². The van der Waals surface area contributed by atoms with Gasteiger partial charge in [-0.05, 0) is 38.6 Å². The molecule has 1 saturated carbocycles. The summed E-state index contributed by atoms with van der Waals surface area (Å²) in [5.41, 5.74) is 1.20. The average molecular weight is 211 g/mol. The van der Waals surface area contributed by atoms with Gasteiger partial charge in [0, 0.05) is 5.54 Å². The molecule has 2 N–H and O–H groups in total. The summed E-state index contributed by atoms with van der Waals surface area (Å²) >= 11 is 0. The molecule has 1 rings (SSSR count). The summed E-state index contributed by atoms with van der Waals surface area (Å²) < 4.78 is 0. The Labute approximate surface area is 93.8 Å². The first-order valence-electron chi connectivity index (χ1n) is 6.08. The van der Waals surface area contributed by atoms with Gasteiger partial charge in [0.15, 0.2) is 0 Å². The van der Waals surface area contributed by atoms with Crippen LogP contribution in [0.25, 0.3) is 0 Å². The Morgan fingerprint density at radius 3 is 2.87 bits per heavy atom. The molecule has 2 unspecified atom stereocenters. The Morgan fingerprint density at radius 1 is 1.60 bits per heavy atom. The number of nitrogens with one attached hydrogen (secondary N) is 1. The Hall–Kier alpha value is -0.340. The highest BCUT2D eigenvalue weighted by Crippen LogP contribution is 2.31. The molecule has 88 valence electrons. The van der Waals surface area contributed by atoms with Crippen LogP contribution in [0.2, 0.25) is 0 Å². The molecule has 0 aromatic carbocycles. The first kappa shape index (κ1) is 12.7. The molecule has 1 aliphatic rings. The smallest absolute Gasteiger partial charge is 0.0613 e. The molecule has 0 saturated heterocycles. The minimum Gasteiger partial charge on any atom is -0.394 e. The number of aliphatic hydroxyl groups excluding tert-OH is 1. The maximum atomic E-state index is 9.54. The second-order valence-electron chi connectivity index (χ2n) is 5.27. The molecule has 0 aromatic rings. The van der Waals surface area contributed by atoms with Crippen LogP contribution >= 0.6 is 0 Å². The summed E-state index contributed by atoms with van der Waals surface area (Å²) in [6.45, 7) is 9.45. The van der Waals surface area contributed by atoms with E-state index in [2.05, 4.69) is 25.7 Å². The average Bonchev–Trinajstić information content (AvgIpc) is 2.17. The maximum absolute atomic E-state index is 9.54. The Balaban J connectivity index is 2.41. The third-order valence-corrected chi connectivity index (χ3v) is 3.45. The lowest BCUT2D eigenvalue weighted by atomic mass is 9.77. The van der Waals surface area contributed by atoms with E-state index in [0.717, 1.165) is 31.7 Å². The van der Waals surface area contributed by atoms with E-state index in [4.69, 9.17) is 0 Å². The van der Waals surface area contributed by atoms with Crippen LogP contribution in [0.3, 0.4) is 0 Å². The molecule has 1 fully saturated rings. The van der Waals surface area contributed by atoms with Crippen LogP contribution in [0, 0.1) is 5.92 Å². The second-order valence-corrected chi connectivity index (χ2v) is 5.27. The second kappa shape index (κ2) is 5.66. The summed E-state index contributed by atoms with van der Waals surface area (Å²) in [5.74, 6) is 0.739. The van der Waals surface area contributed by atoms with Crippen molar-refractivity contribution in [2.75, 3.05) is 13.2 Å². The zero-order valence-electron chi connectivity index (χ0n) is 10.2. The van der Waals surface area contributed by atoms with Gasteiger partial charge in [0.2, 0.25) is 0 Å². The third-order valence-electron chi connectivity index (χ3n) is 3.45. The van der Waals surface area contributed by atoms with Gasteiger partial charge < -0.3 is 10.4 Å². The molecule has 0 amide bonds. The van der Waals surface area contributed by atoms with E-state index in [0.29, 0.717) is 0 Å². The first-order valence-corrected chi connectivity index (χ1v) is 6.08. The van der Waals surface area contributed by atoms with Gasteiger partial charge in [0.1, 0.15) is 0 Å². The molecule has 2 atom stereocenters. The van der Waals surface area contributed by atoms with E-state index >= 15 is 0 Å². The van der Waals surface area contributed by atoms with Crippen molar-refractivity contribution in [3.05, 3.63) is 12.2 Å². The maximum Gasteiger partial charge on any atom is 0.0613 e. The molecule has 0 heterocycles. The van der Waals surface area contributed by atoms with E-state index < -0.39 is 0 Å². The molecule has 0 radical (unpaired) electrons. The van der Waals surface area contributed by atoms with Crippen LogP contribution in [0.15, 0.2) is 12.2 Å². The van der Waals surface area contributed by atoms with Crippen molar-refractivity contribution in [3.8, 4) is 0 Å². The van der Waals surface area contributed by atoms with Crippen molar-refractivity contribution in [1.82, 2.24) is 5.32 Å². The quantitative estimate of drug-likeness (QED) is 0.685. The molecule has 2 nitrogen and oxygen atoms in total. The summed E-state index contributed by atoms with van der Waals surface area (Å²) in [6.07, 6.45) is 5.78.